The van der Waals surface area contributed by atoms with Crippen LogP contribution in [0.5, 0.6) is 6.01 Å². The molecule has 1 aromatic heterocycles. The van der Waals surface area contributed by atoms with Gasteiger partial charge >= 0.3 is 0 Å². The smallest absolute Gasteiger partial charge is 0.293 e. The molecule has 0 aliphatic heterocycles. The molecule has 1 aliphatic rings. The average Bonchev–Trinajstić information content (AvgIpc) is 2.87. The van der Waals surface area contributed by atoms with Crippen LogP contribution in [0.4, 0.5) is 0 Å². The molecule has 1 aliphatic carbocycles. The minimum Gasteiger partial charge on any atom is -0.468 e. The predicted octanol–water partition coefficient (Wildman–Crippen LogP) is 2.96. The molecule has 17 heavy (non-hydrogen) atoms. The van der Waals surface area contributed by atoms with Crippen LogP contribution in [-0.4, -0.2) is 17.1 Å². The molecule has 0 atom stereocenters. The van der Waals surface area contributed by atoms with Crippen molar-refractivity contribution < 1.29 is 4.74 Å². The fourth-order valence-corrected chi connectivity index (χ4v) is 2.45. The summed E-state index contributed by atoms with van der Waals surface area (Å²) in [6.45, 7) is 0. The highest BCUT2D eigenvalue weighted by molar-refractivity contribution is 5.61. The lowest BCUT2D eigenvalue weighted by atomic mass is 9.90. The minimum absolute atomic E-state index is 0.567. The molecule has 0 unspecified atom stereocenters. The number of imidazole rings is 1. The van der Waals surface area contributed by atoms with Crippen LogP contribution in [0.2, 0.25) is 0 Å². The van der Waals surface area contributed by atoms with Crippen LogP contribution in [0, 0.1) is 0 Å². The van der Waals surface area contributed by atoms with Crippen molar-refractivity contribution in [2.45, 2.75) is 25.7 Å². The molecule has 0 bridgehead atoms. The van der Waals surface area contributed by atoms with E-state index in [1.54, 1.807) is 7.11 Å². The van der Waals surface area contributed by atoms with E-state index in [-0.39, 0.29) is 0 Å². The molecule has 0 fully saturated rings. The number of benzene rings is 1. The first kappa shape index (κ1) is 10.4. The highest BCUT2D eigenvalue weighted by Crippen LogP contribution is 2.27. The van der Waals surface area contributed by atoms with Crippen molar-refractivity contribution in [1.82, 2.24) is 9.97 Å². The van der Waals surface area contributed by atoms with Crippen LogP contribution in [0.3, 0.4) is 0 Å². The second-order valence-corrected chi connectivity index (χ2v) is 4.50. The number of hydrogen-bond donors (Lipinski definition) is 1. The van der Waals surface area contributed by atoms with Crippen molar-refractivity contribution in [2.24, 2.45) is 0 Å². The molecule has 0 saturated carbocycles. The van der Waals surface area contributed by atoms with Gasteiger partial charge in [-0.05, 0) is 48.4 Å². The van der Waals surface area contributed by atoms with E-state index in [1.165, 1.54) is 42.4 Å². The Morgan fingerprint density at radius 2 is 2.00 bits per heavy atom. The molecule has 2 aromatic rings. The van der Waals surface area contributed by atoms with Crippen molar-refractivity contribution in [3.63, 3.8) is 0 Å². The van der Waals surface area contributed by atoms with E-state index < -0.39 is 0 Å². The summed E-state index contributed by atoms with van der Waals surface area (Å²) in [5.41, 5.74) is 5.21. The molecule has 3 heteroatoms. The number of nitrogens with one attached hydrogen (secondary N) is 1. The highest BCUT2D eigenvalue weighted by atomic mass is 16.5. The molecule has 3 nitrogen and oxygen atoms in total. The molecular formula is C14H16N2O. The Balaban J connectivity index is 1.97. The lowest BCUT2D eigenvalue weighted by Gasteiger charge is -2.16. The number of H-pyrrole nitrogens is 1. The van der Waals surface area contributed by atoms with Crippen LogP contribution < -0.4 is 4.74 Å². The zero-order valence-electron chi connectivity index (χ0n) is 9.99. The third-order valence-electron chi connectivity index (χ3n) is 3.41. The largest absolute Gasteiger partial charge is 0.468 e. The van der Waals surface area contributed by atoms with Crippen LogP contribution in [0.25, 0.3) is 11.3 Å². The van der Waals surface area contributed by atoms with Crippen LogP contribution >= 0.6 is 0 Å². The zero-order chi connectivity index (χ0) is 11.7. The topological polar surface area (TPSA) is 37.9 Å². The number of aromatic amines is 1. The maximum absolute atomic E-state index is 5.06. The summed E-state index contributed by atoms with van der Waals surface area (Å²) in [4.78, 5) is 7.30. The van der Waals surface area contributed by atoms with Gasteiger partial charge < -0.3 is 9.72 Å². The molecule has 1 aromatic carbocycles. The van der Waals surface area contributed by atoms with E-state index in [0.717, 1.165) is 5.69 Å². The van der Waals surface area contributed by atoms with Gasteiger partial charge in [-0.3, -0.25) is 0 Å². The first-order valence-corrected chi connectivity index (χ1v) is 6.08. The number of fused-ring (bicyclic) bond motifs is 1. The summed E-state index contributed by atoms with van der Waals surface area (Å²) >= 11 is 0. The Morgan fingerprint density at radius 3 is 2.76 bits per heavy atom. The number of hydrogen-bond acceptors (Lipinski definition) is 2. The standard InChI is InChI=1S/C14H16N2O/c1-17-14-15-9-13(16-14)12-7-6-10-4-2-3-5-11(10)8-12/h6-9H,2-5H2,1H3,(H,15,16). The van der Waals surface area contributed by atoms with Crippen molar-refractivity contribution in [3.05, 3.63) is 35.5 Å². The molecule has 0 spiro atoms. The Hall–Kier alpha value is -1.77. The highest BCUT2D eigenvalue weighted by Gasteiger charge is 2.11. The molecule has 0 amide bonds. The molecular weight excluding hydrogens is 212 g/mol. The summed E-state index contributed by atoms with van der Waals surface area (Å²) < 4.78 is 5.06. The second kappa shape index (κ2) is 4.24. The molecule has 1 heterocycles. The van der Waals surface area contributed by atoms with Gasteiger partial charge in [0.2, 0.25) is 0 Å². The summed E-state index contributed by atoms with van der Waals surface area (Å²) in [5.74, 6) is 0. The number of ether oxygens (including phenoxy) is 1. The quantitative estimate of drug-likeness (QED) is 0.858. The van der Waals surface area contributed by atoms with E-state index in [0.29, 0.717) is 6.01 Å². The van der Waals surface area contributed by atoms with Gasteiger partial charge in [-0.15, -0.1) is 0 Å². The van der Waals surface area contributed by atoms with Crippen molar-refractivity contribution in [3.8, 4) is 17.3 Å². The van der Waals surface area contributed by atoms with Crippen molar-refractivity contribution >= 4 is 0 Å². The van der Waals surface area contributed by atoms with E-state index >= 15 is 0 Å². The van der Waals surface area contributed by atoms with Gasteiger partial charge in [-0.25, -0.2) is 4.98 Å². The van der Waals surface area contributed by atoms with Crippen molar-refractivity contribution in [2.75, 3.05) is 7.11 Å². The summed E-state index contributed by atoms with van der Waals surface area (Å²) in [7, 11) is 1.62. The number of aryl methyl sites for hydroxylation is 2. The molecule has 3 rings (SSSR count). The average molecular weight is 228 g/mol. The Bertz CT molecular complexity index is 531. The summed E-state index contributed by atoms with van der Waals surface area (Å²) in [5, 5.41) is 0. The number of rotatable bonds is 2. The van der Waals surface area contributed by atoms with E-state index in [4.69, 9.17) is 4.74 Å². The summed E-state index contributed by atoms with van der Waals surface area (Å²) in [6, 6.07) is 7.26. The van der Waals surface area contributed by atoms with Gasteiger partial charge in [0, 0.05) is 0 Å². The van der Waals surface area contributed by atoms with Gasteiger partial charge in [0.1, 0.15) is 0 Å². The number of nitrogens with zero attached hydrogens (tertiary/aromatic N) is 1. The minimum atomic E-state index is 0.567. The van der Waals surface area contributed by atoms with Crippen LogP contribution in [0.15, 0.2) is 24.4 Å². The second-order valence-electron chi connectivity index (χ2n) is 4.50. The first-order chi connectivity index (χ1) is 8.36. The van der Waals surface area contributed by atoms with Crippen molar-refractivity contribution in [1.29, 1.82) is 0 Å². The Kier molecular flexibility index (Phi) is 2.59. The normalized spacial score (nSPS) is 14.4. The predicted molar refractivity (Wildman–Crippen MR) is 67.2 cm³/mol. The number of aromatic nitrogens is 2. The summed E-state index contributed by atoms with van der Waals surface area (Å²) in [6.07, 6.45) is 6.88. The fraction of sp³-hybridized carbons (Fsp3) is 0.357. The zero-order valence-corrected chi connectivity index (χ0v) is 9.99. The lowest BCUT2D eigenvalue weighted by molar-refractivity contribution is 0.384. The molecule has 0 saturated heterocycles. The Morgan fingerprint density at radius 1 is 1.18 bits per heavy atom. The number of methoxy groups -OCH3 is 1. The fourth-order valence-electron chi connectivity index (χ4n) is 2.45. The lowest BCUT2D eigenvalue weighted by Crippen LogP contribution is -2.02. The van der Waals surface area contributed by atoms with Gasteiger partial charge in [-0.2, -0.15) is 0 Å². The molecule has 88 valence electrons. The van der Waals surface area contributed by atoms with Gasteiger partial charge in [0.05, 0.1) is 19.0 Å². The Labute approximate surface area is 101 Å². The monoisotopic (exact) mass is 228 g/mol. The van der Waals surface area contributed by atoms with Gasteiger partial charge in [0.25, 0.3) is 6.01 Å². The van der Waals surface area contributed by atoms with E-state index in [2.05, 4.69) is 28.2 Å². The molecule has 1 N–H and O–H groups in total. The maximum Gasteiger partial charge on any atom is 0.293 e. The third kappa shape index (κ3) is 1.93. The van der Waals surface area contributed by atoms with Crippen LogP contribution in [0.1, 0.15) is 24.0 Å². The SMILES string of the molecule is COc1ncc(-c2ccc3c(c2)CCCC3)[nH]1. The maximum atomic E-state index is 5.06. The first-order valence-electron chi connectivity index (χ1n) is 6.08. The van der Waals surface area contributed by atoms with E-state index in [1.807, 2.05) is 6.20 Å². The van der Waals surface area contributed by atoms with E-state index in [9.17, 15) is 0 Å². The molecule has 0 radical (unpaired) electrons. The van der Waals surface area contributed by atoms with Gasteiger partial charge in [-0.1, -0.05) is 12.1 Å². The van der Waals surface area contributed by atoms with Crippen LogP contribution in [-0.2, 0) is 12.8 Å². The van der Waals surface area contributed by atoms with Gasteiger partial charge in [0.15, 0.2) is 0 Å². The third-order valence-corrected chi connectivity index (χ3v) is 3.41.